The lowest BCUT2D eigenvalue weighted by Gasteiger charge is -2.31. The summed E-state index contributed by atoms with van der Waals surface area (Å²) >= 11 is 0. The number of allylic oxidation sites excluding steroid dienone is 6. The number of methoxy groups -OCH3 is 2. The lowest BCUT2D eigenvalue weighted by molar-refractivity contribution is -0.122. The van der Waals surface area contributed by atoms with Gasteiger partial charge in [-0.3, -0.25) is 9.69 Å². The molecule has 0 bridgehead atoms. The first kappa shape index (κ1) is 23.1. The second kappa shape index (κ2) is 10.3. The molecule has 4 rings (SSSR count). The van der Waals surface area contributed by atoms with Crippen LogP contribution in [0.1, 0.15) is 38.7 Å². The van der Waals surface area contributed by atoms with Crippen LogP contribution in [0.25, 0.3) is 5.57 Å². The predicted octanol–water partition coefficient (Wildman–Crippen LogP) is 5.24. The molecule has 0 fully saturated rings. The number of fused-ring (bicyclic) bond motifs is 1. The zero-order valence-corrected chi connectivity index (χ0v) is 20.1. The highest BCUT2D eigenvalue weighted by molar-refractivity contribution is 5.98. The highest BCUT2D eigenvalue weighted by atomic mass is 16.5. The standard InChI is InChI=1S/C28H34N2O3/c1-19-8-10-25-20(2)6-5-7-23(21-12-14-29-15-13-21)18-30(25)28(31)17-24(19)22-9-11-26(32-3)27(16-22)33-4/h5,7,9-12,16-20,29H,6,8,13-15H2,1-4H3. The minimum atomic E-state index is -0.00762. The van der Waals surface area contributed by atoms with Gasteiger partial charge in [0.25, 0.3) is 5.91 Å². The molecule has 1 aromatic carbocycles. The van der Waals surface area contributed by atoms with Gasteiger partial charge in [0.2, 0.25) is 0 Å². The van der Waals surface area contributed by atoms with Gasteiger partial charge in [0.15, 0.2) is 11.5 Å². The number of carbonyl (C=O) groups is 1. The van der Waals surface area contributed by atoms with Crippen LogP contribution in [0.4, 0.5) is 0 Å². The van der Waals surface area contributed by atoms with Crippen LogP contribution >= 0.6 is 0 Å². The fourth-order valence-corrected chi connectivity index (χ4v) is 4.73. The Balaban J connectivity index is 1.76. The highest BCUT2D eigenvalue weighted by Gasteiger charge is 2.26. The zero-order valence-electron chi connectivity index (χ0n) is 20.1. The molecule has 3 aliphatic rings. The summed E-state index contributed by atoms with van der Waals surface area (Å²) in [6.45, 7) is 6.21. The lowest BCUT2D eigenvalue weighted by atomic mass is 9.87. The van der Waals surface area contributed by atoms with Crippen LogP contribution in [0, 0.1) is 11.8 Å². The lowest BCUT2D eigenvalue weighted by Crippen LogP contribution is -2.30. The summed E-state index contributed by atoms with van der Waals surface area (Å²) in [6, 6.07) is 5.86. The van der Waals surface area contributed by atoms with Gasteiger partial charge in [0.05, 0.1) is 14.2 Å². The molecule has 5 nitrogen and oxygen atoms in total. The quantitative estimate of drug-likeness (QED) is 0.687. The number of benzene rings is 1. The molecule has 3 aliphatic heterocycles. The van der Waals surface area contributed by atoms with Gasteiger partial charge in [-0.25, -0.2) is 0 Å². The first-order chi connectivity index (χ1) is 16.0. The maximum atomic E-state index is 13.7. The Kier molecular flexibility index (Phi) is 7.19. The van der Waals surface area contributed by atoms with Crippen LogP contribution in [-0.2, 0) is 4.79 Å². The number of rotatable bonds is 4. The van der Waals surface area contributed by atoms with Crippen LogP contribution in [0.5, 0.6) is 11.5 Å². The van der Waals surface area contributed by atoms with E-state index in [-0.39, 0.29) is 17.7 Å². The van der Waals surface area contributed by atoms with Gasteiger partial charge in [0.1, 0.15) is 0 Å². The van der Waals surface area contributed by atoms with E-state index in [9.17, 15) is 4.79 Å². The number of hydrogen-bond donors (Lipinski definition) is 1. The van der Waals surface area contributed by atoms with Crippen molar-refractivity contribution in [2.45, 2.75) is 33.1 Å². The van der Waals surface area contributed by atoms with E-state index >= 15 is 0 Å². The topological polar surface area (TPSA) is 50.8 Å². The van der Waals surface area contributed by atoms with E-state index in [0.717, 1.165) is 54.8 Å². The van der Waals surface area contributed by atoms with Gasteiger partial charge in [0, 0.05) is 24.5 Å². The zero-order chi connectivity index (χ0) is 23.4. The first-order valence-electron chi connectivity index (χ1n) is 11.8. The molecular weight excluding hydrogens is 412 g/mol. The van der Waals surface area contributed by atoms with Crippen molar-refractivity contribution in [3.05, 3.63) is 77.2 Å². The molecule has 5 heteroatoms. The molecule has 2 atom stereocenters. The normalized spacial score (nSPS) is 23.6. The minimum absolute atomic E-state index is 0.00762. The van der Waals surface area contributed by atoms with Crippen molar-refractivity contribution in [1.82, 2.24) is 10.2 Å². The number of amides is 1. The van der Waals surface area contributed by atoms with Gasteiger partial charge in [-0.2, -0.15) is 0 Å². The number of hydrogen-bond acceptors (Lipinski definition) is 4. The van der Waals surface area contributed by atoms with Gasteiger partial charge in [-0.05, 0) is 72.1 Å². The third kappa shape index (κ3) is 4.98. The Morgan fingerprint density at radius 2 is 1.85 bits per heavy atom. The molecule has 2 unspecified atom stereocenters. The van der Waals surface area contributed by atoms with Crippen molar-refractivity contribution in [2.75, 3.05) is 27.3 Å². The van der Waals surface area contributed by atoms with Crippen molar-refractivity contribution >= 4 is 11.5 Å². The van der Waals surface area contributed by atoms with E-state index in [1.165, 1.54) is 5.57 Å². The summed E-state index contributed by atoms with van der Waals surface area (Å²) in [4.78, 5) is 15.6. The molecule has 0 radical (unpaired) electrons. The summed E-state index contributed by atoms with van der Waals surface area (Å²) in [5, 5.41) is 3.37. The molecule has 0 saturated heterocycles. The molecular formula is C28H34N2O3. The molecule has 3 heterocycles. The molecule has 174 valence electrons. The van der Waals surface area contributed by atoms with E-state index < -0.39 is 0 Å². The molecule has 0 aromatic heterocycles. The third-order valence-corrected chi connectivity index (χ3v) is 6.72. The highest BCUT2D eigenvalue weighted by Crippen LogP contribution is 2.37. The van der Waals surface area contributed by atoms with Crippen LogP contribution in [-0.4, -0.2) is 38.1 Å². The van der Waals surface area contributed by atoms with Gasteiger partial charge in [-0.1, -0.05) is 44.2 Å². The van der Waals surface area contributed by atoms with Crippen molar-refractivity contribution in [3.63, 3.8) is 0 Å². The van der Waals surface area contributed by atoms with E-state index in [4.69, 9.17) is 9.47 Å². The Bertz CT molecular complexity index is 1060. The Morgan fingerprint density at radius 3 is 2.58 bits per heavy atom. The summed E-state index contributed by atoms with van der Waals surface area (Å²) in [6.07, 6.45) is 15.5. The summed E-state index contributed by atoms with van der Waals surface area (Å²) in [5.74, 6) is 1.81. The summed E-state index contributed by atoms with van der Waals surface area (Å²) < 4.78 is 10.9. The fraction of sp³-hybridized carbons (Fsp3) is 0.393. The molecule has 1 aromatic rings. The second-order valence-corrected chi connectivity index (χ2v) is 8.95. The van der Waals surface area contributed by atoms with Crippen LogP contribution in [0.15, 0.2) is 71.6 Å². The van der Waals surface area contributed by atoms with Gasteiger partial charge >= 0.3 is 0 Å². The van der Waals surface area contributed by atoms with Crippen molar-refractivity contribution in [1.29, 1.82) is 0 Å². The Hall–Kier alpha value is -3.05. The van der Waals surface area contributed by atoms with E-state index in [2.05, 4.69) is 43.5 Å². The Morgan fingerprint density at radius 1 is 1.03 bits per heavy atom. The maximum absolute atomic E-state index is 13.7. The molecule has 1 N–H and O–H groups in total. The number of nitrogens with zero attached hydrogens (tertiary/aromatic N) is 1. The predicted molar refractivity (Wildman–Crippen MR) is 133 cm³/mol. The SMILES string of the molecule is COc1ccc(C2=CC(=O)N3C=C(C4=CCNCC4)C=CCC(C)C3=CCC2C)cc1OC. The van der Waals surface area contributed by atoms with Crippen LogP contribution < -0.4 is 14.8 Å². The summed E-state index contributed by atoms with van der Waals surface area (Å²) in [7, 11) is 3.26. The molecule has 0 spiro atoms. The minimum Gasteiger partial charge on any atom is -0.493 e. The smallest absolute Gasteiger partial charge is 0.255 e. The Labute approximate surface area is 197 Å². The van der Waals surface area contributed by atoms with E-state index in [1.807, 2.05) is 35.4 Å². The van der Waals surface area contributed by atoms with Gasteiger partial charge < -0.3 is 14.8 Å². The number of ether oxygens (including phenoxy) is 2. The molecule has 0 aliphatic carbocycles. The van der Waals surface area contributed by atoms with Crippen molar-refractivity contribution in [3.8, 4) is 11.5 Å². The van der Waals surface area contributed by atoms with E-state index in [0.29, 0.717) is 11.5 Å². The van der Waals surface area contributed by atoms with E-state index in [1.54, 1.807) is 14.2 Å². The number of carbonyl (C=O) groups excluding carboxylic acids is 1. The number of nitrogens with one attached hydrogen (secondary N) is 1. The average Bonchev–Trinajstić information content (AvgIpc) is 2.83. The molecule has 0 saturated carbocycles. The van der Waals surface area contributed by atoms with Crippen LogP contribution in [0.2, 0.25) is 0 Å². The molecule has 33 heavy (non-hydrogen) atoms. The van der Waals surface area contributed by atoms with Crippen molar-refractivity contribution in [2.24, 2.45) is 11.8 Å². The maximum Gasteiger partial charge on any atom is 0.255 e. The second-order valence-electron chi connectivity index (χ2n) is 8.95. The summed E-state index contributed by atoms with van der Waals surface area (Å²) in [5.41, 5.74) is 5.50. The van der Waals surface area contributed by atoms with Gasteiger partial charge in [-0.15, -0.1) is 0 Å². The van der Waals surface area contributed by atoms with Crippen molar-refractivity contribution < 1.29 is 14.3 Å². The largest absolute Gasteiger partial charge is 0.493 e. The van der Waals surface area contributed by atoms with Crippen LogP contribution in [0.3, 0.4) is 0 Å². The average molecular weight is 447 g/mol. The fourth-order valence-electron chi connectivity index (χ4n) is 4.73. The monoisotopic (exact) mass is 446 g/mol. The molecule has 1 amide bonds. The first-order valence-corrected chi connectivity index (χ1v) is 11.8. The third-order valence-electron chi connectivity index (χ3n) is 6.72.